The van der Waals surface area contributed by atoms with Crippen LogP contribution in [0.2, 0.25) is 0 Å². The molecule has 0 aromatic heterocycles. The van der Waals surface area contributed by atoms with E-state index in [1.54, 1.807) is 0 Å². The number of likely N-dealkylation sites (N-methyl/N-ethyl adjacent to an activating group) is 2. The largest absolute Gasteiger partial charge is 0.303 e. The monoisotopic (exact) mass is 168 g/mol. The zero-order valence-corrected chi connectivity index (χ0v) is 8.72. The Morgan fingerprint density at radius 3 is 1.75 bits per heavy atom. The highest BCUT2D eigenvalue weighted by Gasteiger charge is 2.51. The fourth-order valence-corrected chi connectivity index (χ4v) is 3.11. The average Bonchev–Trinajstić information content (AvgIpc) is 2.16. The predicted molar refractivity (Wildman–Crippen MR) is 51.3 cm³/mol. The van der Waals surface area contributed by atoms with Crippen LogP contribution in [0.1, 0.15) is 26.7 Å². The second-order valence-corrected chi connectivity index (χ2v) is 5.23. The van der Waals surface area contributed by atoms with Crippen molar-refractivity contribution in [3.63, 3.8) is 0 Å². The maximum absolute atomic E-state index is 2.60. The lowest BCUT2D eigenvalue weighted by Gasteiger charge is -2.49. The van der Waals surface area contributed by atoms with Crippen LogP contribution in [0.3, 0.4) is 0 Å². The number of rotatable bonds is 0. The summed E-state index contributed by atoms with van der Waals surface area (Å²) in [5.74, 6) is 0. The van der Waals surface area contributed by atoms with E-state index in [4.69, 9.17) is 0 Å². The van der Waals surface area contributed by atoms with Gasteiger partial charge < -0.3 is 4.90 Å². The van der Waals surface area contributed by atoms with Gasteiger partial charge in [-0.3, -0.25) is 4.90 Å². The molecule has 0 amide bonds. The average molecular weight is 168 g/mol. The summed E-state index contributed by atoms with van der Waals surface area (Å²) in [6.07, 6.45) is 2.73. The second kappa shape index (κ2) is 2.24. The first-order valence-electron chi connectivity index (χ1n) is 4.89. The predicted octanol–water partition coefficient (Wildman–Crippen LogP) is 1.17. The molecule has 2 rings (SSSR count). The molecule has 12 heavy (non-hydrogen) atoms. The molecule has 2 aliphatic rings. The standard InChI is InChI=1S/C10H20N2/c1-9-5-6-10(2,12(9)4)8-11(3)7-9/h5-8H2,1-4H3/t9-,10+. The molecule has 0 unspecified atom stereocenters. The number of fused-ring (bicyclic) bond motifs is 2. The Labute approximate surface area is 75.5 Å². The van der Waals surface area contributed by atoms with E-state index in [1.807, 2.05) is 0 Å². The first kappa shape index (κ1) is 8.52. The summed E-state index contributed by atoms with van der Waals surface area (Å²) in [6.45, 7) is 7.26. The van der Waals surface area contributed by atoms with E-state index in [-0.39, 0.29) is 0 Å². The van der Waals surface area contributed by atoms with E-state index in [2.05, 4.69) is 37.7 Å². The summed E-state index contributed by atoms with van der Waals surface area (Å²) in [4.78, 5) is 5.08. The number of likely N-dealkylation sites (tertiary alicyclic amines) is 1. The third kappa shape index (κ3) is 0.944. The molecule has 2 heterocycles. The lowest BCUT2D eigenvalue weighted by molar-refractivity contribution is -0.00594. The van der Waals surface area contributed by atoms with Gasteiger partial charge in [-0.25, -0.2) is 0 Å². The fourth-order valence-electron chi connectivity index (χ4n) is 3.11. The third-order valence-electron chi connectivity index (χ3n) is 4.04. The minimum Gasteiger partial charge on any atom is -0.303 e. The molecule has 2 saturated heterocycles. The van der Waals surface area contributed by atoms with Crippen LogP contribution in [0.25, 0.3) is 0 Å². The van der Waals surface area contributed by atoms with Crippen LogP contribution in [0, 0.1) is 0 Å². The van der Waals surface area contributed by atoms with E-state index >= 15 is 0 Å². The maximum atomic E-state index is 2.60. The Bertz CT molecular complexity index is 184. The van der Waals surface area contributed by atoms with E-state index in [0.29, 0.717) is 11.1 Å². The first-order chi connectivity index (χ1) is 5.46. The summed E-state index contributed by atoms with van der Waals surface area (Å²) in [5, 5.41) is 0. The van der Waals surface area contributed by atoms with Gasteiger partial charge in [0.05, 0.1) is 0 Å². The van der Waals surface area contributed by atoms with Gasteiger partial charge >= 0.3 is 0 Å². The fraction of sp³-hybridized carbons (Fsp3) is 1.00. The van der Waals surface area contributed by atoms with Crippen LogP contribution in [-0.2, 0) is 0 Å². The molecule has 2 nitrogen and oxygen atoms in total. The highest BCUT2D eigenvalue weighted by molar-refractivity contribution is 5.09. The Morgan fingerprint density at radius 1 is 0.917 bits per heavy atom. The number of nitrogens with zero attached hydrogens (tertiary/aromatic N) is 2. The highest BCUT2D eigenvalue weighted by atomic mass is 15.4. The second-order valence-electron chi connectivity index (χ2n) is 5.23. The minimum atomic E-state index is 0.446. The van der Waals surface area contributed by atoms with Crippen LogP contribution in [0.5, 0.6) is 0 Å². The molecule has 2 atom stereocenters. The van der Waals surface area contributed by atoms with Crippen molar-refractivity contribution in [2.75, 3.05) is 27.2 Å². The molecule has 0 saturated carbocycles. The molecule has 0 aliphatic carbocycles. The minimum absolute atomic E-state index is 0.446. The van der Waals surface area contributed by atoms with Gasteiger partial charge in [0.1, 0.15) is 0 Å². The van der Waals surface area contributed by atoms with Crippen molar-refractivity contribution < 1.29 is 0 Å². The lowest BCUT2D eigenvalue weighted by atomic mass is 9.96. The molecule has 0 aromatic rings. The molecule has 2 bridgehead atoms. The van der Waals surface area contributed by atoms with Gasteiger partial charge in [-0.05, 0) is 40.8 Å². The highest BCUT2D eigenvalue weighted by Crippen LogP contribution is 2.43. The first-order valence-corrected chi connectivity index (χ1v) is 4.89. The van der Waals surface area contributed by atoms with E-state index in [9.17, 15) is 0 Å². The Kier molecular flexibility index (Phi) is 1.59. The zero-order chi connectivity index (χ0) is 8.98. The van der Waals surface area contributed by atoms with Crippen LogP contribution in [-0.4, -0.2) is 48.1 Å². The summed E-state index contributed by atoms with van der Waals surface area (Å²) >= 11 is 0. The normalized spacial score (nSPS) is 50.0. The third-order valence-corrected chi connectivity index (χ3v) is 4.04. The van der Waals surface area contributed by atoms with Gasteiger partial charge in [0.15, 0.2) is 0 Å². The van der Waals surface area contributed by atoms with Crippen molar-refractivity contribution in [2.45, 2.75) is 37.8 Å². The van der Waals surface area contributed by atoms with Crippen molar-refractivity contribution in [3.05, 3.63) is 0 Å². The van der Waals surface area contributed by atoms with Crippen molar-refractivity contribution in [1.29, 1.82) is 0 Å². The van der Waals surface area contributed by atoms with Gasteiger partial charge in [0, 0.05) is 24.2 Å². The lowest BCUT2D eigenvalue weighted by Crippen LogP contribution is -2.62. The molecule has 0 N–H and O–H groups in total. The van der Waals surface area contributed by atoms with E-state index in [1.165, 1.54) is 25.9 Å². The molecule has 70 valence electrons. The molecule has 2 fully saturated rings. The molecule has 2 heteroatoms. The summed E-state index contributed by atoms with van der Waals surface area (Å²) in [6, 6.07) is 0. The van der Waals surface area contributed by atoms with Gasteiger partial charge in [-0.15, -0.1) is 0 Å². The Balaban J connectivity index is 2.30. The van der Waals surface area contributed by atoms with Gasteiger partial charge in [0.25, 0.3) is 0 Å². The van der Waals surface area contributed by atoms with Crippen molar-refractivity contribution >= 4 is 0 Å². The summed E-state index contributed by atoms with van der Waals surface area (Å²) in [7, 11) is 4.54. The van der Waals surface area contributed by atoms with Gasteiger partial charge in [-0.2, -0.15) is 0 Å². The smallest absolute Gasteiger partial charge is 0.0311 e. The Morgan fingerprint density at radius 2 is 1.33 bits per heavy atom. The summed E-state index contributed by atoms with van der Waals surface area (Å²) < 4.78 is 0. The van der Waals surface area contributed by atoms with E-state index in [0.717, 1.165) is 0 Å². The SMILES string of the molecule is CN1C[C@]2(C)CC[C@](C)(C1)N2C. The molecular formula is C10H20N2. The zero-order valence-electron chi connectivity index (χ0n) is 8.72. The van der Waals surface area contributed by atoms with Crippen LogP contribution >= 0.6 is 0 Å². The van der Waals surface area contributed by atoms with Gasteiger partial charge in [0.2, 0.25) is 0 Å². The molecular weight excluding hydrogens is 148 g/mol. The van der Waals surface area contributed by atoms with Crippen LogP contribution in [0.4, 0.5) is 0 Å². The molecule has 0 radical (unpaired) electrons. The maximum Gasteiger partial charge on any atom is 0.0311 e. The molecule has 2 aliphatic heterocycles. The topological polar surface area (TPSA) is 6.48 Å². The Hall–Kier alpha value is -0.0800. The quantitative estimate of drug-likeness (QED) is 0.536. The molecule has 0 spiro atoms. The number of piperazine rings is 1. The number of hydrogen-bond acceptors (Lipinski definition) is 2. The number of hydrogen-bond donors (Lipinski definition) is 0. The van der Waals surface area contributed by atoms with Crippen LogP contribution in [0.15, 0.2) is 0 Å². The van der Waals surface area contributed by atoms with Gasteiger partial charge in [-0.1, -0.05) is 0 Å². The van der Waals surface area contributed by atoms with Crippen LogP contribution < -0.4 is 0 Å². The van der Waals surface area contributed by atoms with Crippen molar-refractivity contribution in [3.8, 4) is 0 Å². The van der Waals surface area contributed by atoms with Crippen molar-refractivity contribution in [1.82, 2.24) is 9.80 Å². The van der Waals surface area contributed by atoms with Crippen molar-refractivity contribution in [2.24, 2.45) is 0 Å². The molecule has 0 aromatic carbocycles. The van der Waals surface area contributed by atoms with E-state index < -0.39 is 0 Å². The summed E-state index contributed by atoms with van der Waals surface area (Å²) in [5.41, 5.74) is 0.892.